The molecule has 0 bridgehead atoms. The highest BCUT2D eigenvalue weighted by atomic mass is 16.5. The van der Waals surface area contributed by atoms with Crippen LogP contribution in [0, 0.1) is 12.8 Å². The summed E-state index contributed by atoms with van der Waals surface area (Å²) in [6.45, 7) is 4.12. The predicted molar refractivity (Wildman–Crippen MR) is 86.4 cm³/mol. The predicted octanol–water partition coefficient (Wildman–Crippen LogP) is 1.82. The van der Waals surface area contributed by atoms with Gasteiger partial charge in [-0.1, -0.05) is 6.42 Å². The van der Waals surface area contributed by atoms with Gasteiger partial charge in [-0.2, -0.15) is 5.10 Å². The van der Waals surface area contributed by atoms with Crippen LogP contribution >= 0.6 is 0 Å². The van der Waals surface area contributed by atoms with E-state index in [1.165, 1.54) is 0 Å². The second-order valence-corrected chi connectivity index (χ2v) is 6.83. The van der Waals surface area contributed by atoms with Gasteiger partial charge in [0.05, 0.1) is 23.9 Å². The number of hydrogen-bond acceptors (Lipinski definition) is 4. The summed E-state index contributed by atoms with van der Waals surface area (Å²) in [4.78, 5) is 12.4. The molecule has 1 aliphatic heterocycles. The molecule has 23 heavy (non-hydrogen) atoms. The van der Waals surface area contributed by atoms with Gasteiger partial charge in [0.2, 0.25) is 0 Å². The number of aliphatic hydroxyl groups is 1. The van der Waals surface area contributed by atoms with Crippen molar-refractivity contribution < 1.29 is 14.6 Å². The molecule has 2 unspecified atom stereocenters. The van der Waals surface area contributed by atoms with Gasteiger partial charge in [0.1, 0.15) is 0 Å². The zero-order valence-corrected chi connectivity index (χ0v) is 13.8. The van der Waals surface area contributed by atoms with Crippen LogP contribution in [0.3, 0.4) is 0 Å². The molecule has 1 saturated heterocycles. The largest absolute Gasteiger partial charge is 0.393 e. The third-order valence-electron chi connectivity index (χ3n) is 5.13. The first kappa shape index (κ1) is 16.5. The molecule has 6 heteroatoms. The lowest BCUT2D eigenvalue weighted by molar-refractivity contribution is 0.0656. The van der Waals surface area contributed by atoms with Crippen LogP contribution in [-0.2, 0) is 4.74 Å². The van der Waals surface area contributed by atoms with Crippen LogP contribution in [0.2, 0.25) is 0 Å². The van der Waals surface area contributed by atoms with Gasteiger partial charge in [-0.05, 0) is 44.9 Å². The molecule has 2 N–H and O–H groups in total. The van der Waals surface area contributed by atoms with Crippen molar-refractivity contribution in [3.8, 4) is 0 Å². The first-order valence-electron chi connectivity index (χ1n) is 8.73. The van der Waals surface area contributed by atoms with Crippen molar-refractivity contribution in [1.29, 1.82) is 0 Å². The molecule has 128 valence electrons. The average Bonchev–Trinajstić information content (AvgIpc) is 2.95. The molecule has 2 heterocycles. The molecule has 3 rings (SSSR count). The van der Waals surface area contributed by atoms with E-state index in [0.717, 1.165) is 57.4 Å². The van der Waals surface area contributed by atoms with E-state index < -0.39 is 0 Å². The first-order valence-corrected chi connectivity index (χ1v) is 8.73. The van der Waals surface area contributed by atoms with Crippen LogP contribution in [0.15, 0.2) is 6.20 Å². The Bertz CT molecular complexity index is 537. The molecule has 0 aromatic carbocycles. The highest BCUT2D eigenvalue weighted by molar-refractivity contribution is 5.95. The Hall–Kier alpha value is -1.40. The molecule has 1 aromatic rings. The van der Waals surface area contributed by atoms with Crippen molar-refractivity contribution in [3.05, 3.63) is 17.5 Å². The molecule has 1 amide bonds. The van der Waals surface area contributed by atoms with Crippen molar-refractivity contribution in [3.63, 3.8) is 0 Å². The van der Waals surface area contributed by atoms with E-state index in [1.54, 1.807) is 6.20 Å². The minimum absolute atomic E-state index is 0.0547. The lowest BCUT2D eigenvalue weighted by Crippen LogP contribution is -2.33. The molecular formula is C17H27N3O3. The van der Waals surface area contributed by atoms with Gasteiger partial charge in [-0.3, -0.25) is 9.48 Å². The number of amides is 1. The lowest BCUT2D eigenvalue weighted by atomic mass is 9.87. The highest BCUT2D eigenvalue weighted by Gasteiger charge is 2.24. The van der Waals surface area contributed by atoms with Crippen molar-refractivity contribution in [1.82, 2.24) is 15.1 Å². The first-order chi connectivity index (χ1) is 11.1. The van der Waals surface area contributed by atoms with E-state index in [9.17, 15) is 9.90 Å². The summed E-state index contributed by atoms with van der Waals surface area (Å²) in [5.41, 5.74) is 1.59. The smallest absolute Gasteiger partial charge is 0.254 e. The quantitative estimate of drug-likeness (QED) is 0.887. The standard InChI is InChI=1S/C17H27N3O3/c1-12-16(11-19-20(12)14-5-7-23-8-6-14)17(22)18-10-13-3-2-4-15(21)9-13/h11,13-15,21H,2-10H2,1H3,(H,18,22). The van der Waals surface area contributed by atoms with Crippen molar-refractivity contribution in [2.45, 2.75) is 57.6 Å². The van der Waals surface area contributed by atoms with Crippen LogP contribution in [-0.4, -0.2) is 46.7 Å². The maximum absolute atomic E-state index is 12.4. The van der Waals surface area contributed by atoms with Crippen LogP contribution < -0.4 is 5.32 Å². The van der Waals surface area contributed by atoms with Crippen LogP contribution in [0.1, 0.15) is 60.6 Å². The molecular weight excluding hydrogens is 294 g/mol. The van der Waals surface area contributed by atoms with Gasteiger partial charge >= 0.3 is 0 Å². The summed E-state index contributed by atoms with van der Waals surface area (Å²) in [6.07, 6.45) is 7.18. The molecule has 0 spiro atoms. The number of nitrogens with one attached hydrogen (secondary N) is 1. The molecule has 2 aliphatic rings. The summed E-state index contributed by atoms with van der Waals surface area (Å²) in [6, 6.07) is 0.332. The van der Waals surface area contributed by atoms with E-state index in [2.05, 4.69) is 10.4 Å². The Balaban J connectivity index is 1.58. The van der Waals surface area contributed by atoms with E-state index in [1.807, 2.05) is 11.6 Å². The Morgan fingerprint density at radius 1 is 1.39 bits per heavy atom. The van der Waals surface area contributed by atoms with Gasteiger partial charge in [0, 0.05) is 25.5 Å². The Labute approximate surface area is 137 Å². The van der Waals surface area contributed by atoms with E-state index in [4.69, 9.17) is 4.74 Å². The average molecular weight is 321 g/mol. The van der Waals surface area contributed by atoms with Gasteiger partial charge in [-0.25, -0.2) is 0 Å². The maximum Gasteiger partial charge on any atom is 0.254 e. The summed E-state index contributed by atoms with van der Waals surface area (Å²) in [5.74, 6) is 0.328. The van der Waals surface area contributed by atoms with Gasteiger partial charge in [0.15, 0.2) is 0 Å². The van der Waals surface area contributed by atoms with Crippen LogP contribution in [0.5, 0.6) is 0 Å². The molecule has 1 aliphatic carbocycles. The number of rotatable bonds is 4. The summed E-state index contributed by atoms with van der Waals surface area (Å²) in [5, 5.41) is 17.2. The number of carbonyl (C=O) groups excluding carboxylic acids is 1. The van der Waals surface area contributed by atoms with Gasteiger partial charge in [-0.15, -0.1) is 0 Å². The summed E-state index contributed by atoms with van der Waals surface area (Å²) >= 11 is 0. The minimum Gasteiger partial charge on any atom is -0.393 e. The summed E-state index contributed by atoms with van der Waals surface area (Å²) in [7, 11) is 0. The molecule has 1 aromatic heterocycles. The zero-order chi connectivity index (χ0) is 16.2. The number of hydrogen-bond donors (Lipinski definition) is 2. The van der Waals surface area contributed by atoms with Gasteiger partial charge < -0.3 is 15.2 Å². The fourth-order valence-electron chi connectivity index (χ4n) is 3.72. The number of carbonyl (C=O) groups is 1. The molecule has 6 nitrogen and oxygen atoms in total. The van der Waals surface area contributed by atoms with E-state index in [0.29, 0.717) is 24.1 Å². The summed E-state index contributed by atoms with van der Waals surface area (Å²) < 4.78 is 7.36. The van der Waals surface area contributed by atoms with E-state index in [-0.39, 0.29) is 12.0 Å². The number of aliphatic hydroxyl groups excluding tert-OH is 1. The Kier molecular flexibility index (Phi) is 5.33. The third kappa shape index (κ3) is 3.93. The fraction of sp³-hybridized carbons (Fsp3) is 0.765. The number of aromatic nitrogens is 2. The highest BCUT2D eigenvalue weighted by Crippen LogP contribution is 2.25. The zero-order valence-electron chi connectivity index (χ0n) is 13.8. The number of nitrogens with zero attached hydrogens (tertiary/aromatic N) is 2. The normalized spacial score (nSPS) is 26.2. The van der Waals surface area contributed by atoms with Crippen molar-refractivity contribution in [2.75, 3.05) is 19.8 Å². The third-order valence-corrected chi connectivity index (χ3v) is 5.13. The maximum atomic E-state index is 12.4. The van der Waals surface area contributed by atoms with Gasteiger partial charge in [0.25, 0.3) is 5.91 Å². The lowest BCUT2D eigenvalue weighted by Gasteiger charge is -2.26. The molecule has 1 saturated carbocycles. The van der Waals surface area contributed by atoms with Crippen molar-refractivity contribution in [2.24, 2.45) is 5.92 Å². The Morgan fingerprint density at radius 3 is 2.91 bits per heavy atom. The van der Waals surface area contributed by atoms with Crippen LogP contribution in [0.25, 0.3) is 0 Å². The molecule has 0 radical (unpaired) electrons. The molecule has 2 atom stereocenters. The SMILES string of the molecule is Cc1c(C(=O)NCC2CCCC(O)C2)cnn1C1CCOCC1. The second-order valence-electron chi connectivity index (χ2n) is 6.83. The fourth-order valence-corrected chi connectivity index (χ4v) is 3.72. The van der Waals surface area contributed by atoms with E-state index >= 15 is 0 Å². The second kappa shape index (κ2) is 7.45. The van der Waals surface area contributed by atoms with Crippen LogP contribution in [0.4, 0.5) is 0 Å². The molecule has 2 fully saturated rings. The minimum atomic E-state index is -0.205. The Morgan fingerprint density at radius 2 is 2.17 bits per heavy atom. The topological polar surface area (TPSA) is 76.4 Å². The van der Waals surface area contributed by atoms with Crippen molar-refractivity contribution >= 4 is 5.91 Å². The monoisotopic (exact) mass is 321 g/mol. The number of ether oxygens (including phenoxy) is 1.